The zero-order valence-corrected chi connectivity index (χ0v) is 13.1. The molecule has 0 atom stereocenters. The van der Waals surface area contributed by atoms with Gasteiger partial charge in [-0.05, 0) is 6.42 Å². The lowest BCUT2D eigenvalue weighted by atomic mass is 9.86. The Bertz CT molecular complexity index is 227. The summed E-state index contributed by atoms with van der Waals surface area (Å²) in [6.07, 6.45) is 13.9. The van der Waals surface area contributed by atoms with E-state index in [9.17, 15) is 4.79 Å². The third-order valence-corrected chi connectivity index (χ3v) is 3.87. The van der Waals surface area contributed by atoms with Gasteiger partial charge in [-0.15, -0.1) is 0 Å². The van der Waals surface area contributed by atoms with Crippen molar-refractivity contribution in [2.24, 2.45) is 5.41 Å². The number of amides is 1. The van der Waals surface area contributed by atoms with Crippen molar-refractivity contribution < 1.29 is 10.0 Å². The molecule has 0 radical (unpaired) electrons. The molecule has 0 saturated carbocycles. The third kappa shape index (κ3) is 9.94. The number of carbonyl (C=O) groups excluding carboxylic acids is 1. The number of unbranched alkanes of at least 4 members (excludes halogenated alkanes) is 9. The Hall–Kier alpha value is -0.570. The van der Waals surface area contributed by atoms with E-state index in [4.69, 9.17) is 5.21 Å². The molecule has 0 rings (SSSR count). The molecule has 0 aliphatic carbocycles. The Morgan fingerprint density at radius 2 is 1.32 bits per heavy atom. The lowest BCUT2D eigenvalue weighted by molar-refractivity contribution is -0.138. The molecule has 0 bridgehead atoms. The fourth-order valence-corrected chi connectivity index (χ4v) is 2.32. The Balaban J connectivity index is 3.33. The van der Waals surface area contributed by atoms with Crippen molar-refractivity contribution in [1.82, 2.24) is 5.48 Å². The third-order valence-electron chi connectivity index (χ3n) is 3.87. The first-order valence-corrected chi connectivity index (χ1v) is 7.99. The summed E-state index contributed by atoms with van der Waals surface area (Å²) in [5.41, 5.74) is 1.30. The van der Waals surface area contributed by atoms with Crippen molar-refractivity contribution in [3.63, 3.8) is 0 Å². The summed E-state index contributed by atoms with van der Waals surface area (Å²) in [7, 11) is 0. The van der Waals surface area contributed by atoms with Crippen LogP contribution < -0.4 is 5.48 Å². The first-order valence-electron chi connectivity index (χ1n) is 7.99. The zero-order valence-electron chi connectivity index (χ0n) is 13.1. The molecule has 0 fully saturated rings. The second-order valence-electron chi connectivity index (χ2n) is 6.26. The van der Waals surface area contributed by atoms with Crippen LogP contribution >= 0.6 is 0 Å². The minimum absolute atomic E-state index is 0.275. The Morgan fingerprint density at radius 3 is 1.74 bits per heavy atom. The molecule has 0 aromatic rings. The van der Waals surface area contributed by atoms with Crippen molar-refractivity contribution in [3.05, 3.63) is 0 Å². The van der Waals surface area contributed by atoms with Crippen LogP contribution in [-0.4, -0.2) is 11.1 Å². The first-order chi connectivity index (χ1) is 9.04. The predicted molar refractivity (Wildman–Crippen MR) is 80.2 cm³/mol. The van der Waals surface area contributed by atoms with Crippen molar-refractivity contribution in [1.29, 1.82) is 0 Å². The van der Waals surface area contributed by atoms with Crippen molar-refractivity contribution >= 4 is 5.91 Å². The number of hydroxylamine groups is 1. The summed E-state index contributed by atoms with van der Waals surface area (Å²) in [5.74, 6) is -0.275. The van der Waals surface area contributed by atoms with Crippen LogP contribution in [-0.2, 0) is 4.79 Å². The lowest BCUT2D eigenvalue weighted by Crippen LogP contribution is -2.34. The van der Waals surface area contributed by atoms with E-state index in [2.05, 4.69) is 6.92 Å². The van der Waals surface area contributed by atoms with Crippen LogP contribution in [0, 0.1) is 5.41 Å². The van der Waals surface area contributed by atoms with E-state index < -0.39 is 5.41 Å². The normalized spacial score (nSPS) is 11.6. The van der Waals surface area contributed by atoms with Gasteiger partial charge in [0, 0.05) is 5.41 Å². The highest BCUT2D eigenvalue weighted by molar-refractivity contribution is 5.80. The van der Waals surface area contributed by atoms with Crippen LogP contribution in [0.4, 0.5) is 0 Å². The average molecular weight is 271 g/mol. The van der Waals surface area contributed by atoms with Gasteiger partial charge in [-0.1, -0.05) is 85.0 Å². The van der Waals surface area contributed by atoms with Gasteiger partial charge in [0.1, 0.15) is 0 Å². The minimum atomic E-state index is -0.450. The van der Waals surface area contributed by atoms with Crippen LogP contribution in [0.25, 0.3) is 0 Å². The smallest absolute Gasteiger partial charge is 0.248 e. The summed E-state index contributed by atoms with van der Waals surface area (Å²) in [6, 6.07) is 0. The monoisotopic (exact) mass is 271 g/mol. The van der Waals surface area contributed by atoms with Crippen LogP contribution in [0.5, 0.6) is 0 Å². The summed E-state index contributed by atoms with van der Waals surface area (Å²) in [4.78, 5) is 11.4. The molecule has 0 aliphatic heterocycles. The summed E-state index contributed by atoms with van der Waals surface area (Å²) in [5, 5.41) is 8.63. The molecule has 0 unspecified atom stereocenters. The molecule has 3 nitrogen and oxygen atoms in total. The highest BCUT2D eigenvalue weighted by Crippen LogP contribution is 2.24. The van der Waals surface area contributed by atoms with E-state index in [1.165, 1.54) is 57.8 Å². The van der Waals surface area contributed by atoms with E-state index >= 15 is 0 Å². The topological polar surface area (TPSA) is 49.3 Å². The summed E-state index contributed by atoms with van der Waals surface area (Å²) < 4.78 is 0. The second-order valence-corrected chi connectivity index (χ2v) is 6.26. The van der Waals surface area contributed by atoms with Gasteiger partial charge in [-0.2, -0.15) is 0 Å². The van der Waals surface area contributed by atoms with Gasteiger partial charge in [0.25, 0.3) is 0 Å². The SMILES string of the molecule is CCCCCCCCCCCCC(C)(C)C(=O)NO. The largest absolute Gasteiger partial charge is 0.289 e. The van der Waals surface area contributed by atoms with Gasteiger partial charge in [0.2, 0.25) is 5.91 Å². The van der Waals surface area contributed by atoms with E-state index in [1.807, 2.05) is 13.8 Å². The minimum Gasteiger partial charge on any atom is -0.289 e. The molecule has 0 aromatic heterocycles. The number of hydrogen-bond donors (Lipinski definition) is 2. The highest BCUT2D eigenvalue weighted by Gasteiger charge is 2.26. The van der Waals surface area contributed by atoms with Crippen LogP contribution in [0.2, 0.25) is 0 Å². The quantitative estimate of drug-likeness (QED) is 0.303. The van der Waals surface area contributed by atoms with E-state index in [0.29, 0.717) is 0 Å². The second kappa shape index (κ2) is 11.3. The van der Waals surface area contributed by atoms with Crippen molar-refractivity contribution in [2.75, 3.05) is 0 Å². The first kappa shape index (κ1) is 18.4. The van der Waals surface area contributed by atoms with Gasteiger partial charge >= 0.3 is 0 Å². The fourth-order valence-electron chi connectivity index (χ4n) is 2.32. The molecule has 3 heteroatoms. The standard InChI is InChI=1S/C16H33NO2/c1-4-5-6-7-8-9-10-11-12-13-14-16(2,3)15(18)17-19/h19H,4-14H2,1-3H3,(H,17,18). The Morgan fingerprint density at radius 1 is 0.895 bits per heavy atom. The van der Waals surface area contributed by atoms with Gasteiger partial charge in [-0.3, -0.25) is 10.0 Å². The van der Waals surface area contributed by atoms with Gasteiger partial charge in [0.15, 0.2) is 0 Å². The Kier molecular flexibility index (Phi) is 10.9. The van der Waals surface area contributed by atoms with Crippen molar-refractivity contribution in [3.8, 4) is 0 Å². The molecule has 0 aromatic carbocycles. The molecule has 0 aliphatic rings. The number of hydrogen-bond acceptors (Lipinski definition) is 2. The maximum atomic E-state index is 11.4. The lowest BCUT2D eigenvalue weighted by Gasteiger charge is -2.21. The summed E-state index contributed by atoms with van der Waals surface area (Å²) >= 11 is 0. The van der Waals surface area contributed by atoms with Gasteiger partial charge < -0.3 is 0 Å². The Labute approximate surface area is 119 Å². The molecular weight excluding hydrogens is 238 g/mol. The van der Waals surface area contributed by atoms with Crippen LogP contribution in [0.3, 0.4) is 0 Å². The molecule has 114 valence electrons. The molecular formula is C16H33NO2. The summed E-state index contributed by atoms with van der Waals surface area (Å²) in [6.45, 7) is 6.01. The van der Waals surface area contributed by atoms with Crippen LogP contribution in [0.1, 0.15) is 91.4 Å². The number of nitrogens with one attached hydrogen (secondary N) is 1. The highest BCUT2D eigenvalue weighted by atomic mass is 16.5. The van der Waals surface area contributed by atoms with E-state index in [0.717, 1.165) is 12.8 Å². The fraction of sp³-hybridized carbons (Fsp3) is 0.938. The maximum absolute atomic E-state index is 11.4. The van der Waals surface area contributed by atoms with Crippen molar-refractivity contribution in [2.45, 2.75) is 91.4 Å². The zero-order chi connectivity index (χ0) is 14.6. The van der Waals surface area contributed by atoms with E-state index in [1.54, 1.807) is 5.48 Å². The average Bonchev–Trinajstić information content (AvgIpc) is 2.39. The molecule has 19 heavy (non-hydrogen) atoms. The predicted octanol–water partition coefficient (Wildman–Crippen LogP) is 4.83. The van der Waals surface area contributed by atoms with E-state index in [-0.39, 0.29) is 5.91 Å². The van der Waals surface area contributed by atoms with Gasteiger partial charge in [0.05, 0.1) is 0 Å². The molecule has 0 saturated heterocycles. The molecule has 2 N–H and O–H groups in total. The molecule has 0 spiro atoms. The van der Waals surface area contributed by atoms with Crippen LogP contribution in [0.15, 0.2) is 0 Å². The maximum Gasteiger partial charge on any atom is 0.248 e. The molecule has 1 amide bonds. The van der Waals surface area contributed by atoms with Gasteiger partial charge in [-0.25, -0.2) is 5.48 Å². The molecule has 0 heterocycles. The number of carbonyl (C=O) groups is 1. The number of rotatable bonds is 12.